The molecule has 0 aliphatic heterocycles. The molecule has 2 aromatic carbocycles. The summed E-state index contributed by atoms with van der Waals surface area (Å²) in [4.78, 5) is 11.7. The first-order valence-corrected chi connectivity index (χ1v) is 5.23. The monoisotopic (exact) mass is 234 g/mol. The average Bonchev–Trinajstić information content (AvgIpc) is 2.38. The van der Waals surface area contributed by atoms with E-state index in [0.29, 0.717) is 12.1 Å². The fraction of sp³-hybridized carbons (Fsp3) is 0.0714. The zero-order valence-corrected chi connectivity index (χ0v) is 11.9. The van der Waals surface area contributed by atoms with Crippen LogP contribution in [0.25, 0.3) is 0 Å². The molecule has 0 unspecified atom stereocenters. The fourth-order valence-corrected chi connectivity index (χ4v) is 1.47. The van der Waals surface area contributed by atoms with E-state index in [1.807, 2.05) is 48.5 Å². The SMILES string of the molecule is O=C(NCc1ccccc1)c1ccccc1.[Na]. The molecule has 0 heterocycles. The summed E-state index contributed by atoms with van der Waals surface area (Å²) in [6.07, 6.45) is 0. The number of carbonyl (C=O) groups excluding carboxylic acids is 1. The van der Waals surface area contributed by atoms with Gasteiger partial charge in [0.1, 0.15) is 0 Å². The zero-order valence-electron chi connectivity index (χ0n) is 9.89. The van der Waals surface area contributed by atoms with Crippen LogP contribution in [0.1, 0.15) is 15.9 Å². The van der Waals surface area contributed by atoms with Crippen LogP contribution in [-0.4, -0.2) is 35.5 Å². The molecule has 3 heteroatoms. The smallest absolute Gasteiger partial charge is 0.251 e. The minimum Gasteiger partial charge on any atom is -0.348 e. The third-order valence-electron chi connectivity index (χ3n) is 2.33. The normalized spacial score (nSPS) is 9.18. The second-order valence-corrected chi connectivity index (χ2v) is 3.53. The second-order valence-electron chi connectivity index (χ2n) is 3.53. The van der Waals surface area contributed by atoms with E-state index >= 15 is 0 Å². The van der Waals surface area contributed by atoms with Gasteiger partial charge in [0, 0.05) is 41.7 Å². The Morgan fingerprint density at radius 1 is 0.882 bits per heavy atom. The minimum absolute atomic E-state index is 0. The summed E-state index contributed by atoms with van der Waals surface area (Å²) in [6, 6.07) is 19.1. The second kappa shape index (κ2) is 7.28. The Morgan fingerprint density at radius 2 is 1.41 bits per heavy atom. The first-order valence-electron chi connectivity index (χ1n) is 5.23. The van der Waals surface area contributed by atoms with E-state index in [-0.39, 0.29) is 35.5 Å². The Kier molecular flexibility index (Phi) is 5.98. The van der Waals surface area contributed by atoms with Crippen molar-refractivity contribution in [1.29, 1.82) is 0 Å². The third kappa shape index (κ3) is 4.35. The van der Waals surface area contributed by atoms with Crippen molar-refractivity contribution < 1.29 is 4.79 Å². The van der Waals surface area contributed by atoms with Gasteiger partial charge in [0.2, 0.25) is 0 Å². The Labute approximate surface area is 123 Å². The Balaban J connectivity index is 0.00000144. The maximum Gasteiger partial charge on any atom is 0.251 e. The molecule has 1 radical (unpaired) electrons. The van der Waals surface area contributed by atoms with Crippen molar-refractivity contribution in [2.75, 3.05) is 0 Å². The van der Waals surface area contributed by atoms with E-state index < -0.39 is 0 Å². The first kappa shape index (κ1) is 14.0. The van der Waals surface area contributed by atoms with Crippen LogP contribution in [0.2, 0.25) is 0 Å². The molecule has 0 bridgehead atoms. The van der Waals surface area contributed by atoms with Gasteiger partial charge in [0.15, 0.2) is 0 Å². The number of amides is 1. The van der Waals surface area contributed by atoms with Crippen LogP contribution < -0.4 is 5.32 Å². The van der Waals surface area contributed by atoms with Crippen LogP contribution in [0.5, 0.6) is 0 Å². The van der Waals surface area contributed by atoms with E-state index in [1.165, 1.54) is 0 Å². The maximum absolute atomic E-state index is 11.7. The predicted molar refractivity (Wildman–Crippen MR) is 69.8 cm³/mol. The van der Waals surface area contributed by atoms with Crippen LogP contribution >= 0.6 is 0 Å². The van der Waals surface area contributed by atoms with Crippen molar-refractivity contribution in [3.8, 4) is 0 Å². The standard InChI is InChI=1S/C14H13NO.Na/c16-14(13-9-5-2-6-10-13)15-11-12-7-3-1-4-8-12;/h1-10H,11H2,(H,15,16);. The number of benzene rings is 2. The molecule has 0 atom stereocenters. The summed E-state index contributed by atoms with van der Waals surface area (Å²) in [5, 5.41) is 2.88. The van der Waals surface area contributed by atoms with E-state index in [0.717, 1.165) is 5.56 Å². The summed E-state index contributed by atoms with van der Waals surface area (Å²) in [7, 11) is 0. The summed E-state index contributed by atoms with van der Waals surface area (Å²) in [5.41, 5.74) is 1.80. The number of carbonyl (C=O) groups is 1. The van der Waals surface area contributed by atoms with Crippen LogP contribution in [0.3, 0.4) is 0 Å². The van der Waals surface area contributed by atoms with E-state index in [9.17, 15) is 4.79 Å². The summed E-state index contributed by atoms with van der Waals surface area (Å²) in [5.74, 6) is -0.0375. The number of hydrogen-bond donors (Lipinski definition) is 1. The van der Waals surface area contributed by atoms with Crippen LogP contribution in [-0.2, 0) is 6.54 Å². The summed E-state index contributed by atoms with van der Waals surface area (Å²) < 4.78 is 0. The predicted octanol–water partition coefficient (Wildman–Crippen LogP) is 2.24. The maximum atomic E-state index is 11.7. The zero-order chi connectivity index (χ0) is 11.2. The van der Waals surface area contributed by atoms with Gasteiger partial charge < -0.3 is 5.32 Å². The van der Waals surface area contributed by atoms with Gasteiger partial charge >= 0.3 is 0 Å². The van der Waals surface area contributed by atoms with Crippen molar-refractivity contribution in [3.05, 3.63) is 71.8 Å². The number of hydrogen-bond acceptors (Lipinski definition) is 1. The number of rotatable bonds is 3. The van der Waals surface area contributed by atoms with Crippen molar-refractivity contribution in [2.24, 2.45) is 0 Å². The van der Waals surface area contributed by atoms with Gasteiger partial charge in [-0.25, -0.2) is 0 Å². The van der Waals surface area contributed by atoms with Crippen molar-refractivity contribution in [1.82, 2.24) is 5.32 Å². The quantitative estimate of drug-likeness (QED) is 0.811. The van der Waals surface area contributed by atoms with Crippen LogP contribution in [0.15, 0.2) is 60.7 Å². The molecule has 0 spiro atoms. The molecule has 81 valence electrons. The topological polar surface area (TPSA) is 29.1 Å². The van der Waals surface area contributed by atoms with Crippen molar-refractivity contribution >= 4 is 35.5 Å². The molecule has 0 saturated carbocycles. The molecule has 2 aromatic rings. The average molecular weight is 234 g/mol. The third-order valence-corrected chi connectivity index (χ3v) is 2.33. The molecular formula is C14H13NNaO. The van der Waals surface area contributed by atoms with Gasteiger partial charge in [-0.1, -0.05) is 48.5 Å². The minimum atomic E-state index is -0.0375. The molecule has 0 aromatic heterocycles. The van der Waals surface area contributed by atoms with Gasteiger partial charge in [-0.2, -0.15) is 0 Å². The van der Waals surface area contributed by atoms with Gasteiger partial charge in [0.05, 0.1) is 0 Å². The van der Waals surface area contributed by atoms with Gasteiger partial charge in [0.25, 0.3) is 5.91 Å². The van der Waals surface area contributed by atoms with Crippen molar-refractivity contribution in [2.45, 2.75) is 6.54 Å². The molecule has 0 fully saturated rings. The largest absolute Gasteiger partial charge is 0.348 e. The van der Waals surface area contributed by atoms with Gasteiger partial charge in [-0.05, 0) is 17.7 Å². The molecule has 1 amide bonds. The molecule has 0 aliphatic carbocycles. The van der Waals surface area contributed by atoms with E-state index in [2.05, 4.69) is 5.32 Å². The molecule has 1 N–H and O–H groups in total. The number of nitrogens with one attached hydrogen (secondary N) is 1. The molecule has 2 nitrogen and oxygen atoms in total. The van der Waals surface area contributed by atoms with E-state index in [4.69, 9.17) is 0 Å². The molecule has 2 rings (SSSR count). The Bertz CT molecular complexity index is 456. The van der Waals surface area contributed by atoms with Gasteiger partial charge in [-0.3, -0.25) is 4.79 Å². The van der Waals surface area contributed by atoms with Crippen LogP contribution in [0, 0.1) is 0 Å². The van der Waals surface area contributed by atoms with Crippen molar-refractivity contribution in [3.63, 3.8) is 0 Å². The first-order chi connectivity index (χ1) is 7.86. The molecule has 17 heavy (non-hydrogen) atoms. The Hall–Kier alpha value is -1.09. The molecule has 0 aliphatic rings. The Morgan fingerprint density at radius 3 is 2.00 bits per heavy atom. The summed E-state index contributed by atoms with van der Waals surface area (Å²) in [6.45, 7) is 0.564. The van der Waals surface area contributed by atoms with Crippen LogP contribution in [0.4, 0.5) is 0 Å². The molecular weight excluding hydrogens is 221 g/mol. The van der Waals surface area contributed by atoms with Gasteiger partial charge in [-0.15, -0.1) is 0 Å². The molecule has 0 saturated heterocycles. The fourth-order valence-electron chi connectivity index (χ4n) is 1.47. The summed E-state index contributed by atoms with van der Waals surface area (Å²) >= 11 is 0. The van der Waals surface area contributed by atoms with E-state index in [1.54, 1.807) is 12.1 Å².